The van der Waals surface area contributed by atoms with Crippen LogP contribution in [0.15, 0.2) is 53.3 Å². The maximum Gasteiger partial charge on any atom is 0.191 e. The minimum atomic E-state index is 0.479. The largest absolute Gasteiger partial charge is 0.357 e. The molecule has 0 spiro atoms. The predicted octanol–water partition coefficient (Wildman–Crippen LogP) is 3.21. The number of aliphatic imine (C=N–C) groups is 1. The molecule has 1 aromatic heterocycles. The Bertz CT molecular complexity index is 732. The number of para-hydroxylation sites is 1. The Hall–Kier alpha value is -2.63. The molecule has 0 fully saturated rings. The molecule has 0 bridgehead atoms. The third kappa shape index (κ3) is 5.18. The summed E-state index contributed by atoms with van der Waals surface area (Å²) in [6.45, 7) is 4.29. The zero-order chi connectivity index (χ0) is 18.0. The maximum absolute atomic E-state index is 4.68. The zero-order valence-corrected chi connectivity index (χ0v) is 15.5. The molecular weight excluding hydrogens is 324 g/mol. The molecule has 1 aromatic carbocycles. The van der Waals surface area contributed by atoms with Crippen molar-refractivity contribution in [1.82, 2.24) is 25.4 Å². The summed E-state index contributed by atoms with van der Waals surface area (Å²) in [4.78, 5) is 4.68. The normalized spacial score (nSPS) is 14.8. The van der Waals surface area contributed by atoms with Crippen molar-refractivity contribution in [3.63, 3.8) is 0 Å². The topological polar surface area (TPSA) is 67.1 Å². The van der Waals surface area contributed by atoms with Gasteiger partial charge in [-0.15, -0.1) is 10.2 Å². The van der Waals surface area contributed by atoms with Crippen LogP contribution in [0.3, 0.4) is 0 Å². The summed E-state index contributed by atoms with van der Waals surface area (Å²) >= 11 is 0. The van der Waals surface area contributed by atoms with Crippen LogP contribution in [0.4, 0.5) is 0 Å². The van der Waals surface area contributed by atoms with Crippen LogP contribution in [-0.2, 0) is 6.54 Å². The quantitative estimate of drug-likeness (QED) is 0.456. The Balaban J connectivity index is 1.59. The number of allylic oxidation sites excluding steroid dienone is 1. The van der Waals surface area contributed by atoms with E-state index in [0.717, 1.165) is 37.0 Å². The number of aromatic nitrogens is 3. The van der Waals surface area contributed by atoms with E-state index >= 15 is 0 Å². The Morgan fingerprint density at radius 1 is 1.19 bits per heavy atom. The Morgan fingerprint density at radius 3 is 2.85 bits per heavy atom. The molecule has 0 radical (unpaired) electrons. The Morgan fingerprint density at radius 2 is 2.08 bits per heavy atom. The monoisotopic (exact) mass is 352 g/mol. The fraction of sp³-hybridized carbons (Fsp3) is 0.450. The molecule has 26 heavy (non-hydrogen) atoms. The van der Waals surface area contributed by atoms with E-state index in [9.17, 15) is 0 Å². The van der Waals surface area contributed by atoms with Gasteiger partial charge in [-0.05, 0) is 51.2 Å². The lowest BCUT2D eigenvalue weighted by atomic mass is 9.97. The van der Waals surface area contributed by atoms with Crippen LogP contribution in [-0.4, -0.2) is 33.8 Å². The van der Waals surface area contributed by atoms with Gasteiger partial charge in [-0.2, -0.15) is 0 Å². The molecule has 0 unspecified atom stereocenters. The van der Waals surface area contributed by atoms with Crippen molar-refractivity contribution >= 4 is 5.96 Å². The van der Waals surface area contributed by atoms with Crippen LogP contribution in [0.2, 0.25) is 0 Å². The summed E-state index contributed by atoms with van der Waals surface area (Å²) in [5.74, 6) is 1.65. The molecule has 6 nitrogen and oxygen atoms in total. The lowest BCUT2D eigenvalue weighted by Gasteiger charge is -2.15. The molecule has 0 atom stereocenters. The molecule has 0 saturated carbocycles. The molecule has 6 heteroatoms. The van der Waals surface area contributed by atoms with Gasteiger partial charge in [-0.3, -0.25) is 4.57 Å². The molecule has 0 aliphatic heterocycles. The third-order valence-electron chi connectivity index (χ3n) is 4.50. The van der Waals surface area contributed by atoms with E-state index in [0.29, 0.717) is 6.54 Å². The smallest absolute Gasteiger partial charge is 0.191 e. The van der Waals surface area contributed by atoms with E-state index in [1.165, 1.54) is 25.7 Å². The molecule has 1 heterocycles. The second kappa shape index (κ2) is 9.75. The number of nitrogens with one attached hydrogen (secondary N) is 2. The van der Waals surface area contributed by atoms with E-state index in [2.05, 4.69) is 38.8 Å². The van der Waals surface area contributed by atoms with E-state index in [-0.39, 0.29) is 0 Å². The van der Waals surface area contributed by atoms with Crippen LogP contribution in [0.1, 0.15) is 44.9 Å². The van der Waals surface area contributed by atoms with Crippen molar-refractivity contribution in [2.45, 2.75) is 45.6 Å². The zero-order valence-electron chi connectivity index (χ0n) is 15.5. The molecule has 3 rings (SSSR count). The first-order valence-corrected chi connectivity index (χ1v) is 9.51. The van der Waals surface area contributed by atoms with Crippen LogP contribution in [0, 0.1) is 0 Å². The first kappa shape index (κ1) is 18.2. The second-order valence-electron chi connectivity index (χ2n) is 6.43. The van der Waals surface area contributed by atoms with Gasteiger partial charge in [0.15, 0.2) is 11.8 Å². The highest BCUT2D eigenvalue weighted by Crippen LogP contribution is 2.19. The van der Waals surface area contributed by atoms with Crippen molar-refractivity contribution in [2.75, 3.05) is 13.1 Å². The molecular formula is C20H28N6. The van der Waals surface area contributed by atoms with Gasteiger partial charge in [-0.1, -0.05) is 29.8 Å². The molecule has 0 saturated heterocycles. The lowest BCUT2D eigenvalue weighted by molar-refractivity contribution is 0.665. The van der Waals surface area contributed by atoms with Crippen LogP contribution in [0.25, 0.3) is 5.69 Å². The number of rotatable bonds is 7. The van der Waals surface area contributed by atoms with Gasteiger partial charge < -0.3 is 10.6 Å². The fourth-order valence-corrected chi connectivity index (χ4v) is 3.14. The van der Waals surface area contributed by atoms with Gasteiger partial charge >= 0.3 is 0 Å². The minimum Gasteiger partial charge on any atom is -0.357 e. The first-order valence-electron chi connectivity index (χ1n) is 9.51. The molecule has 1 aliphatic rings. The van der Waals surface area contributed by atoms with Crippen molar-refractivity contribution in [3.05, 3.63) is 54.1 Å². The second-order valence-corrected chi connectivity index (χ2v) is 6.43. The molecule has 1 aliphatic carbocycles. The van der Waals surface area contributed by atoms with E-state index in [1.54, 1.807) is 11.9 Å². The van der Waals surface area contributed by atoms with Crippen molar-refractivity contribution in [1.29, 1.82) is 0 Å². The SMILES string of the molecule is CCNC(=NCc1nncn1-c1ccccc1)NCCC1=CCCCC1. The predicted molar refractivity (Wildman–Crippen MR) is 105 cm³/mol. The van der Waals surface area contributed by atoms with Crippen molar-refractivity contribution in [2.24, 2.45) is 4.99 Å². The van der Waals surface area contributed by atoms with Crippen LogP contribution in [0.5, 0.6) is 0 Å². The number of nitrogens with zero attached hydrogens (tertiary/aromatic N) is 4. The minimum absolute atomic E-state index is 0.479. The Labute approximate surface area is 155 Å². The van der Waals surface area contributed by atoms with Gasteiger partial charge in [0, 0.05) is 18.8 Å². The van der Waals surface area contributed by atoms with Crippen LogP contribution < -0.4 is 10.6 Å². The van der Waals surface area contributed by atoms with E-state index < -0.39 is 0 Å². The maximum atomic E-state index is 4.68. The summed E-state index contributed by atoms with van der Waals surface area (Å²) in [7, 11) is 0. The molecule has 0 amide bonds. The average molecular weight is 352 g/mol. The lowest BCUT2D eigenvalue weighted by Crippen LogP contribution is -2.38. The molecule has 2 N–H and O–H groups in total. The molecule has 138 valence electrons. The summed E-state index contributed by atoms with van der Waals surface area (Å²) in [5, 5.41) is 15.0. The van der Waals surface area contributed by atoms with E-state index in [1.807, 2.05) is 34.9 Å². The number of guanidine groups is 1. The van der Waals surface area contributed by atoms with Gasteiger partial charge in [0.05, 0.1) is 0 Å². The molecule has 2 aromatic rings. The highest BCUT2D eigenvalue weighted by atomic mass is 15.3. The third-order valence-corrected chi connectivity index (χ3v) is 4.50. The van der Waals surface area contributed by atoms with Gasteiger partial charge in [0.1, 0.15) is 12.9 Å². The first-order chi connectivity index (χ1) is 12.9. The van der Waals surface area contributed by atoms with Gasteiger partial charge in [0.25, 0.3) is 0 Å². The van der Waals surface area contributed by atoms with Crippen molar-refractivity contribution in [3.8, 4) is 5.69 Å². The number of hydrogen-bond donors (Lipinski definition) is 2. The highest BCUT2D eigenvalue weighted by Gasteiger charge is 2.07. The summed E-state index contributed by atoms with van der Waals surface area (Å²) in [6.07, 6.45) is 10.4. The summed E-state index contributed by atoms with van der Waals surface area (Å²) in [5.41, 5.74) is 2.62. The Kier molecular flexibility index (Phi) is 6.81. The van der Waals surface area contributed by atoms with Gasteiger partial charge in [0.2, 0.25) is 0 Å². The van der Waals surface area contributed by atoms with E-state index in [4.69, 9.17) is 0 Å². The summed E-state index contributed by atoms with van der Waals surface area (Å²) < 4.78 is 1.97. The van der Waals surface area contributed by atoms with Crippen molar-refractivity contribution < 1.29 is 0 Å². The fourth-order valence-electron chi connectivity index (χ4n) is 3.14. The standard InChI is InChI=1S/C20H28N6/c1-2-21-20(22-14-13-17-9-5-3-6-10-17)23-15-19-25-24-16-26(19)18-11-7-4-8-12-18/h4,7-9,11-12,16H,2-3,5-6,10,13-15H2,1H3,(H2,21,22,23). The highest BCUT2D eigenvalue weighted by molar-refractivity contribution is 5.79. The number of hydrogen-bond acceptors (Lipinski definition) is 3. The number of benzene rings is 1. The summed E-state index contributed by atoms with van der Waals surface area (Å²) in [6, 6.07) is 10.1. The van der Waals surface area contributed by atoms with Crippen LogP contribution >= 0.6 is 0 Å². The average Bonchev–Trinajstić information content (AvgIpc) is 3.16. The van der Waals surface area contributed by atoms with Gasteiger partial charge in [-0.25, -0.2) is 4.99 Å².